The Morgan fingerprint density at radius 2 is 1.82 bits per heavy atom. The molecule has 2 aromatic carbocycles. The molecule has 1 atom stereocenters. The van der Waals surface area contributed by atoms with Crippen molar-refractivity contribution in [3.05, 3.63) is 59.4 Å². The van der Waals surface area contributed by atoms with Crippen molar-refractivity contribution in [2.24, 2.45) is 5.92 Å². The summed E-state index contributed by atoms with van der Waals surface area (Å²) in [5, 5.41) is 0. The Labute approximate surface area is 167 Å². The van der Waals surface area contributed by atoms with E-state index in [9.17, 15) is 4.79 Å². The lowest BCUT2D eigenvalue weighted by Gasteiger charge is -2.19. The van der Waals surface area contributed by atoms with Crippen molar-refractivity contribution < 1.29 is 4.79 Å². The lowest BCUT2D eigenvalue weighted by molar-refractivity contribution is -0.117. The zero-order valence-electron chi connectivity index (χ0n) is 17.3. The van der Waals surface area contributed by atoms with Crippen LogP contribution in [0.3, 0.4) is 0 Å². The maximum atomic E-state index is 12.9. The predicted octanol–water partition coefficient (Wildman–Crippen LogP) is 5.22. The van der Waals surface area contributed by atoms with Crippen LogP contribution in [0.2, 0.25) is 0 Å². The van der Waals surface area contributed by atoms with E-state index < -0.39 is 0 Å². The molecular formula is C24H29N3O. The number of aromatic nitrogens is 2. The second kappa shape index (κ2) is 7.42. The molecule has 0 radical (unpaired) electrons. The molecule has 1 aliphatic heterocycles. The summed E-state index contributed by atoms with van der Waals surface area (Å²) in [4.78, 5) is 19.8. The standard InChI is InChI=1S/C24H29N3O/c1-16(2)9-10-26-22-8-6-5-7-21(22)25-24(26)19-14-23(28)27(15-19)20-12-17(3)11-18(4)13-20/h5-8,11-13,16,19H,9-10,14-15H2,1-4H3/t19-/m0/s1. The third-order valence-electron chi connectivity index (χ3n) is 5.62. The highest BCUT2D eigenvalue weighted by Crippen LogP contribution is 2.34. The van der Waals surface area contributed by atoms with Gasteiger partial charge in [-0.2, -0.15) is 0 Å². The van der Waals surface area contributed by atoms with Crippen molar-refractivity contribution in [3.8, 4) is 0 Å². The molecule has 4 nitrogen and oxygen atoms in total. The van der Waals surface area contributed by atoms with E-state index in [4.69, 9.17) is 4.98 Å². The maximum absolute atomic E-state index is 12.9. The fraction of sp³-hybridized carbons (Fsp3) is 0.417. The van der Waals surface area contributed by atoms with E-state index in [1.807, 2.05) is 11.0 Å². The molecule has 0 N–H and O–H groups in total. The topological polar surface area (TPSA) is 38.1 Å². The highest BCUT2D eigenvalue weighted by molar-refractivity contribution is 5.96. The normalized spacial score (nSPS) is 17.2. The van der Waals surface area contributed by atoms with Crippen molar-refractivity contribution in [2.75, 3.05) is 11.4 Å². The van der Waals surface area contributed by atoms with Gasteiger partial charge in [0, 0.05) is 31.1 Å². The Kier molecular flexibility index (Phi) is 4.96. The summed E-state index contributed by atoms with van der Waals surface area (Å²) in [6.45, 7) is 10.3. The van der Waals surface area contributed by atoms with Gasteiger partial charge in [0.15, 0.2) is 0 Å². The first kappa shape index (κ1) is 18.7. The van der Waals surface area contributed by atoms with Crippen LogP contribution < -0.4 is 4.90 Å². The van der Waals surface area contributed by atoms with Crippen molar-refractivity contribution in [1.82, 2.24) is 9.55 Å². The molecule has 146 valence electrons. The Balaban J connectivity index is 1.68. The lowest BCUT2D eigenvalue weighted by atomic mass is 10.1. The van der Waals surface area contributed by atoms with Crippen LogP contribution >= 0.6 is 0 Å². The number of fused-ring (bicyclic) bond motifs is 1. The van der Waals surface area contributed by atoms with Gasteiger partial charge >= 0.3 is 0 Å². The van der Waals surface area contributed by atoms with Gasteiger partial charge in [-0.1, -0.05) is 32.0 Å². The van der Waals surface area contributed by atoms with Gasteiger partial charge in [-0.05, 0) is 61.6 Å². The molecular weight excluding hydrogens is 346 g/mol. The Morgan fingerprint density at radius 3 is 2.54 bits per heavy atom. The van der Waals surface area contributed by atoms with E-state index in [1.165, 1.54) is 16.6 Å². The summed E-state index contributed by atoms with van der Waals surface area (Å²) in [6, 6.07) is 14.7. The van der Waals surface area contributed by atoms with Crippen LogP contribution in [0.15, 0.2) is 42.5 Å². The number of carbonyl (C=O) groups is 1. The van der Waals surface area contributed by atoms with Gasteiger partial charge in [0.05, 0.1) is 11.0 Å². The number of benzene rings is 2. The molecule has 1 amide bonds. The minimum atomic E-state index is 0.132. The molecule has 4 heteroatoms. The fourth-order valence-corrected chi connectivity index (χ4v) is 4.26. The summed E-state index contributed by atoms with van der Waals surface area (Å²) >= 11 is 0. The number of anilines is 1. The predicted molar refractivity (Wildman–Crippen MR) is 115 cm³/mol. The summed E-state index contributed by atoms with van der Waals surface area (Å²) in [5.41, 5.74) is 5.59. The highest BCUT2D eigenvalue weighted by atomic mass is 16.2. The van der Waals surface area contributed by atoms with E-state index in [0.29, 0.717) is 18.9 Å². The van der Waals surface area contributed by atoms with Crippen LogP contribution in [0.5, 0.6) is 0 Å². The summed E-state index contributed by atoms with van der Waals surface area (Å²) in [7, 11) is 0. The SMILES string of the molecule is Cc1cc(C)cc(N2C[C@@H](c3nc4ccccc4n3CCC(C)C)CC2=O)c1. The molecule has 1 aromatic heterocycles. The fourth-order valence-electron chi connectivity index (χ4n) is 4.26. The van der Waals surface area contributed by atoms with Gasteiger partial charge in [0.25, 0.3) is 0 Å². The van der Waals surface area contributed by atoms with Gasteiger partial charge < -0.3 is 9.47 Å². The number of amides is 1. The first-order chi connectivity index (χ1) is 13.4. The molecule has 4 rings (SSSR count). The number of hydrogen-bond acceptors (Lipinski definition) is 2. The van der Waals surface area contributed by atoms with Gasteiger partial charge in [-0.3, -0.25) is 4.79 Å². The second-order valence-electron chi connectivity index (χ2n) is 8.54. The van der Waals surface area contributed by atoms with E-state index in [0.717, 1.165) is 30.0 Å². The van der Waals surface area contributed by atoms with Crippen molar-refractivity contribution >= 4 is 22.6 Å². The molecule has 28 heavy (non-hydrogen) atoms. The number of rotatable bonds is 5. The number of para-hydroxylation sites is 2. The Bertz CT molecular complexity index is 998. The van der Waals surface area contributed by atoms with Gasteiger partial charge in [0.2, 0.25) is 5.91 Å². The van der Waals surface area contributed by atoms with Crippen molar-refractivity contribution in [3.63, 3.8) is 0 Å². The Hall–Kier alpha value is -2.62. The van der Waals surface area contributed by atoms with Gasteiger partial charge in [0.1, 0.15) is 5.82 Å². The smallest absolute Gasteiger partial charge is 0.227 e. The lowest BCUT2D eigenvalue weighted by Crippen LogP contribution is -2.24. The average Bonchev–Trinajstić information content (AvgIpc) is 3.19. The summed E-state index contributed by atoms with van der Waals surface area (Å²) < 4.78 is 2.35. The van der Waals surface area contributed by atoms with Crippen LogP contribution in [-0.2, 0) is 11.3 Å². The molecule has 0 saturated carbocycles. The molecule has 1 fully saturated rings. The number of imidazole rings is 1. The van der Waals surface area contributed by atoms with E-state index >= 15 is 0 Å². The molecule has 0 spiro atoms. The number of hydrogen-bond donors (Lipinski definition) is 0. The number of aryl methyl sites for hydroxylation is 3. The second-order valence-corrected chi connectivity index (χ2v) is 8.54. The third-order valence-corrected chi connectivity index (χ3v) is 5.62. The minimum Gasteiger partial charge on any atom is -0.328 e. The zero-order valence-corrected chi connectivity index (χ0v) is 17.3. The van der Waals surface area contributed by atoms with Crippen LogP contribution in [-0.4, -0.2) is 22.0 Å². The quantitative estimate of drug-likeness (QED) is 0.613. The van der Waals surface area contributed by atoms with Crippen LogP contribution in [0.25, 0.3) is 11.0 Å². The van der Waals surface area contributed by atoms with Crippen LogP contribution in [0, 0.1) is 19.8 Å². The highest BCUT2D eigenvalue weighted by Gasteiger charge is 2.35. The number of nitrogens with zero attached hydrogens (tertiary/aromatic N) is 3. The summed E-state index contributed by atoms with van der Waals surface area (Å²) in [6.07, 6.45) is 1.63. The Morgan fingerprint density at radius 1 is 1.11 bits per heavy atom. The summed E-state index contributed by atoms with van der Waals surface area (Å²) in [5.74, 6) is 2.01. The van der Waals surface area contributed by atoms with E-state index in [-0.39, 0.29) is 11.8 Å². The van der Waals surface area contributed by atoms with E-state index in [1.54, 1.807) is 0 Å². The largest absolute Gasteiger partial charge is 0.328 e. The average molecular weight is 376 g/mol. The monoisotopic (exact) mass is 375 g/mol. The minimum absolute atomic E-state index is 0.132. The first-order valence-electron chi connectivity index (χ1n) is 10.3. The zero-order chi connectivity index (χ0) is 19.8. The van der Waals surface area contributed by atoms with E-state index in [2.05, 4.69) is 68.7 Å². The van der Waals surface area contributed by atoms with Crippen LogP contribution in [0.1, 0.15) is 49.6 Å². The molecule has 1 aliphatic rings. The molecule has 3 aromatic rings. The molecule has 1 saturated heterocycles. The number of carbonyl (C=O) groups excluding carboxylic acids is 1. The third kappa shape index (κ3) is 3.56. The van der Waals surface area contributed by atoms with Gasteiger partial charge in [-0.25, -0.2) is 4.98 Å². The van der Waals surface area contributed by atoms with Crippen LogP contribution in [0.4, 0.5) is 5.69 Å². The van der Waals surface area contributed by atoms with Gasteiger partial charge in [-0.15, -0.1) is 0 Å². The first-order valence-corrected chi connectivity index (χ1v) is 10.3. The molecule has 2 heterocycles. The molecule has 0 aliphatic carbocycles. The molecule has 0 unspecified atom stereocenters. The molecule has 0 bridgehead atoms. The van der Waals surface area contributed by atoms with Crippen molar-refractivity contribution in [1.29, 1.82) is 0 Å². The van der Waals surface area contributed by atoms with Crippen molar-refractivity contribution in [2.45, 2.75) is 53.0 Å². The maximum Gasteiger partial charge on any atom is 0.227 e.